The molecule has 6 heteroatoms. The van der Waals surface area contributed by atoms with Gasteiger partial charge in [0, 0.05) is 38.8 Å². The third-order valence-electron chi connectivity index (χ3n) is 5.93. The summed E-state index contributed by atoms with van der Waals surface area (Å²) in [7, 11) is 0. The van der Waals surface area contributed by atoms with E-state index in [0.29, 0.717) is 18.1 Å². The van der Waals surface area contributed by atoms with Crippen LogP contribution >= 0.6 is 24.0 Å². The molecule has 1 saturated carbocycles. The second-order valence-corrected chi connectivity index (χ2v) is 8.29. The first-order chi connectivity index (χ1) is 13.8. The number of rotatable bonds is 8. The number of aliphatic imine (C=N–C) groups is 1. The van der Waals surface area contributed by atoms with Gasteiger partial charge in [-0.15, -0.1) is 24.0 Å². The van der Waals surface area contributed by atoms with Gasteiger partial charge in [0.25, 0.3) is 0 Å². The smallest absolute Gasteiger partial charge is 0.188 e. The van der Waals surface area contributed by atoms with E-state index in [0.717, 1.165) is 52.0 Å². The molecule has 1 saturated heterocycles. The summed E-state index contributed by atoms with van der Waals surface area (Å²) in [4.78, 5) is 7.01. The fourth-order valence-electron chi connectivity index (χ4n) is 4.27. The van der Waals surface area contributed by atoms with E-state index in [1.807, 2.05) is 0 Å². The number of piperidine rings is 1. The number of likely N-dealkylation sites (tertiary alicyclic amines) is 1. The summed E-state index contributed by atoms with van der Waals surface area (Å²) in [6, 6.07) is 11.2. The third-order valence-corrected chi connectivity index (χ3v) is 5.93. The molecule has 2 aliphatic rings. The van der Waals surface area contributed by atoms with Crippen molar-refractivity contribution in [1.29, 1.82) is 0 Å². The molecule has 3 N–H and O–H groups in total. The lowest BCUT2D eigenvalue weighted by molar-refractivity contribution is 0.00566. The van der Waals surface area contributed by atoms with Crippen LogP contribution in [0.15, 0.2) is 35.3 Å². The van der Waals surface area contributed by atoms with Gasteiger partial charge in [-0.2, -0.15) is 0 Å². The highest BCUT2D eigenvalue weighted by Gasteiger charge is 2.19. The Bertz CT molecular complexity index is 568. The summed E-state index contributed by atoms with van der Waals surface area (Å²) in [5.41, 5.74) is 7.45. The standard InChI is InChI=1S/C23H38N4O.HI/c24-23(26-21-11-6-1-2-7-12-21)25-15-8-18-28-22-13-16-27(17-14-22)19-20-9-4-3-5-10-20;/h3-5,9-10,21-22H,1-2,6-8,11-19H2,(H3,24,25,26);1H. The number of nitrogens with two attached hydrogens (primary N) is 1. The molecule has 0 aromatic heterocycles. The van der Waals surface area contributed by atoms with Crippen LogP contribution in [0.1, 0.15) is 63.4 Å². The van der Waals surface area contributed by atoms with Crippen LogP contribution in [-0.2, 0) is 11.3 Å². The van der Waals surface area contributed by atoms with Gasteiger partial charge in [0.2, 0.25) is 0 Å². The van der Waals surface area contributed by atoms with E-state index in [2.05, 4.69) is 45.5 Å². The van der Waals surface area contributed by atoms with Gasteiger partial charge in [0.15, 0.2) is 5.96 Å². The van der Waals surface area contributed by atoms with Gasteiger partial charge < -0.3 is 15.8 Å². The number of halogens is 1. The minimum atomic E-state index is 0. The number of ether oxygens (including phenoxy) is 1. The van der Waals surface area contributed by atoms with Gasteiger partial charge >= 0.3 is 0 Å². The Kier molecular flexibility index (Phi) is 12.0. The molecule has 2 fully saturated rings. The highest BCUT2D eigenvalue weighted by molar-refractivity contribution is 14.0. The lowest BCUT2D eigenvalue weighted by Crippen LogP contribution is -2.40. The first kappa shape index (κ1) is 24.4. The average molecular weight is 514 g/mol. The highest BCUT2D eigenvalue weighted by Crippen LogP contribution is 2.17. The molecule has 1 heterocycles. The molecule has 0 atom stereocenters. The molecule has 1 aromatic carbocycles. The molecule has 0 radical (unpaired) electrons. The predicted octanol–water partition coefficient (Wildman–Crippen LogP) is 4.30. The maximum atomic E-state index is 6.07. The number of hydrogen-bond donors (Lipinski definition) is 2. The van der Waals surface area contributed by atoms with E-state index in [-0.39, 0.29) is 24.0 Å². The Balaban J connectivity index is 0.00000300. The molecule has 3 rings (SSSR count). The molecule has 164 valence electrons. The molecule has 5 nitrogen and oxygen atoms in total. The Morgan fingerprint density at radius 3 is 2.41 bits per heavy atom. The van der Waals surface area contributed by atoms with Crippen molar-refractivity contribution in [3.8, 4) is 0 Å². The van der Waals surface area contributed by atoms with E-state index in [4.69, 9.17) is 10.5 Å². The number of guanidine groups is 1. The van der Waals surface area contributed by atoms with Crippen LogP contribution < -0.4 is 11.1 Å². The van der Waals surface area contributed by atoms with Crippen LogP contribution in [0.3, 0.4) is 0 Å². The Morgan fingerprint density at radius 1 is 1.03 bits per heavy atom. The topological polar surface area (TPSA) is 62.9 Å². The van der Waals surface area contributed by atoms with Crippen LogP contribution in [0.2, 0.25) is 0 Å². The molecule has 29 heavy (non-hydrogen) atoms. The van der Waals surface area contributed by atoms with Crippen molar-refractivity contribution < 1.29 is 4.74 Å². The van der Waals surface area contributed by atoms with Crippen molar-refractivity contribution in [3.05, 3.63) is 35.9 Å². The fraction of sp³-hybridized carbons (Fsp3) is 0.696. The molecule has 0 unspecified atom stereocenters. The fourth-order valence-corrected chi connectivity index (χ4v) is 4.27. The van der Waals surface area contributed by atoms with Crippen molar-refractivity contribution in [2.45, 2.75) is 76.5 Å². The van der Waals surface area contributed by atoms with E-state index < -0.39 is 0 Å². The minimum Gasteiger partial charge on any atom is -0.378 e. The zero-order chi connectivity index (χ0) is 19.4. The quantitative estimate of drug-likeness (QED) is 0.179. The van der Waals surface area contributed by atoms with Crippen molar-refractivity contribution in [2.75, 3.05) is 26.2 Å². The summed E-state index contributed by atoms with van der Waals surface area (Å²) in [5.74, 6) is 0.612. The van der Waals surface area contributed by atoms with E-state index in [1.54, 1.807) is 0 Å². The van der Waals surface area contributed by atoms with Crippen LogP contribution in [0.4, 0.5) is 0 Å². The van der Waals surface area contributed by atoms with Crippen molar-refractivity contribution >= 4 is 29.9 Å². The van der Waals surface area contributed by atoms with Gasteiger partial charge in [0.05, 0.1) is 6.10 Å². The van der Waals surface area contributed by atoms with Crippen molar-refractivity contribution in [3.63, 3.8) is 0 Å². The van der Waals surface area contributed by atoms with Crippen LogP contribution in [-0.4, -0.2) is 49.2 Å². The second-order valence-electron chi connectivity index (χ2n) is 8.29. The van der Waals surface area contributed by atoms with Crippen molar-refractivity contribution in [1.82, 2.24) is 10.2 Å². The molecule has 0 amide bonds. The summed E-state index contributed by atoms with van der Waals surface area (Å²) < 4.78 is 6.07. The Morgan fingerprint density at radius 2 is 1.72 bits per heavy atom. The summed E-state index contributed by atoms with van der Waals surface area (Å²) in [5, 5.41) is 3.41. The molecule has 1 aromatic rings. The minimum absolute atomic E-state index is 0. The van der Waals surface area contributed by atoms with Crippen LogP contribution in [0.5, 0.6) is 0 Å². The Labute approximate surface area is 193 Å². The molecular weight excluding hydrogens is 475 g/mol. The van der Waals surface area contributed by atoms with Crippen LogP contribution in [0, 0.1) is 0 Å². The van der Waals surface area contributed by atoms with E-state index >= 15 is 0 Å². The zero-order valence-electron chi connectivity index (χ0n) is 17.7. The lowest BCUT2D eigenvalue weighted by Gasteiger charge is -2.31. The highest BCUT2D eigenvalue weighted by atomic mass is 127. The van der Waals surface area contributed by atoms with Gasteiger partial charge in [0.1, 0.15) is 0 Å². The largest absolute Gasteiger partial charge is 0.378 e. The van der Waals surface area contributed by atoms with Crippen molar-refractivity contribution in [2.24, 2.45) is 10.7 Å². The predicted molar refractivity (Wildman–Crippen MR) is 132 cm³/mol. The lowest BCUT2D eigenvalue weighted by atomic mass is 10.1. The first-order valence-electron chi connectivity index (χ1n) is 11.2. The normalized spacial score (nSPS) is 20.1. The first-order valence-corrected chi connectivity index (χ1v) is 11.2. The number of nitrogens with one attached hydrogen (secondary N) is 1. The Hall–Kier alpha value is -0.860. The van der Waals surface area contributed by atoms with Gasteiger partial charge in [-0.25, -0.2) is 0 Å². The number of hydrogen-bond acceptors (Lipinski definition) is 3. The third kappa shape index (κ3) is 9.66. The molecular formula is C23H39IN4O. The van der Waals surface area contributed by atoms with E-state index in [9.17, 15) is 0 Å². The SMILES string of the molecule is I.NC(=NCCCOC1CCN(Cc2ccccc2)CC1)NC1CCCCCC1. The second kappa shape index (κ2) is 14.2. The summed E-state index contributed by atoms with van der Waals surface area (Å²) in [6.45, 7) is 4.82. The average Bonchev–Trinajstić information content (AvgIpc) is 2.98. The number of benzene rings is 1. The summed E-state index contributed by atoms with van der Waals surface area (Å²) >= 11 is 0. The maximum absolute atomic E-state index is 6.07. The molecule has 1 aliphatic carbocycles. The van der Waals surface area contributed by atoms with E-state index in [1.165, 1.54) is 44.1 Å². The zero-order valence-corrected chi connectivity index (χ0v) is 20.1. The van der Waals surface area contributed by atoms with Gasteiger partial charge in [-0.3, -0.25) is 9.89 Å². The number of nitrogens with zero attached hydrogens (tertiary/aromatic N) is 2. The molecule has 1 aliphatic heterocycles. The monoisotopic (exact) mass is 514 g/mol. The summed E-state index contributed by atoms with van der Waals surface area (Å²) in [6.07, 6.45) is 11.4. The maximum Gasteiger partial charge on any atom is 0.188 e. The van der Waals surface area contributed by atoms with Gasteiger partial charge in [-0.05, 0) is 37.7 Å². The molecule has 0 bridgehead atoms. The van der Waals surface area contributed by atoms with Gasteiger partial charge in [-0.1, -0.05) is 56.0 Å². The van der Waals surface area contributed by atoms with Crippen LogP contribution in [0.25, 0.3) is 0 Å². The molecule has 0 spiro atoms.